The van der Waals surface area contributed by atoms with E-state index in [4.69, 9.17) is 0 Å². The molecule has 1 N–H and O–H groups in total. The maximum atomic E-state index is 12.4. The van der Waals surface area contributed by atoms with Gasteiger partial charge in [0, 0.05) is 5.69 Å². The molecule has 0 aliphatic heterocycles. The van der Waals surface area contributed by atoms with Crippen LogP contribution in [0.5, 0.6) is 0 Å². The number of para-hydroxylation sites is 1. The molecule has 5 nitrogen and oxygen atoms in total. The van der Waals surface area contributed by atoms with Gasteiger partial charge < -0.3 is 10.1 Å². The second-order valence-electron chi connectivity index (χ2n) is 4.82. The number of hydrogen-bond donors (Lipinski definition) is 1. The van der Waals surface area contributed by atoms with Crippen molar-refractivity contribution in [2.45, 2.75) is 20.3 Å². The molecule has 22 heavy (non-hydrogen) atoms. The molecule has 1 aromatic heterocycles. The summed E-state index contributed by atoms with van der Waals surface area (Å²) in [5.74, 6) is -0.922. The minimum absolute atomic E-state index is 0.107. The van der Waals surface area contributed by atoms with E-state index in [9.17, 15) is 9.59 Å². The molecule has 114 valence electrons. The first-order valence-corrected chi connectivity index (χ1v) is 7.02. The molecule has 1 aromatic carbocycles. The Morgan fingerprint density at radius 1 is 1.14 bits per heavy atom. The summed E-state index contributed by atoms with van der Waals surface area (Å²) < 4.78 is 4.61. The first kappa shape index (κ1) is 15.7. The normalized spacial score (nSPS) is 10.1. The number of ether oxygens (including phenoxy) is 1. The fraction of sp³-hybridized carbons (Fsp3) is 0.235. The van der Waals surface area contributed by atoms with Crippen molar-refractivity contribution < 1.29 is 14.3 Å². The lowest BCUT2D eigenvalue weighted by Gasteiger charge is -2.12. The van der Waals surface area contributed by atoms with Crippen LogP contribution in [0.15, 0.2) is 36.4 Å². The smallest absolute Gasteiger partial charge is 0.356 e. The molecule has 1 heterocycles. The number of carbonyl (C=O) groups is 2. The van der Waals surface area contributed by atoms with E-state index in [2.05, 4.69) is 15.0 Å². The molecule has 1 amide bonds. The molecule has 0 bridgehead atoms. The van der Waals surface area contributed by atoms with Crippen LogP contribution in [0.25, 0.3) is 0 Å². The molecule has 0 fully saturated rings. The van der Waals surface area contributed by atoms with Crippen molar-refractivity contribution in [3.05, 3.63) is 58.9 Å². The number of anilines is 1. The SMILES string of the molecule is CCc1cccc(C)c1NC(=O)c1cccc(C(=O)OC)n1. The fourth-order valence-electron chi connectivity index (χ4n) is 2.16. The van der Waals surface area contributed by atoms with E-state index in [0.29, 0.717) is 0 Å². The number of aromatic nitrogens is 1. The van der Waals surface area contributed by atoms with Gasteiger partial charge in [-0.1, -0.05) is 31.2 Å². The zero-order valence-corrected chi connectivity index (χ0v) is 12.8. The molecular formula is C17H18N2O3. The van der Waals surface area contributed by atoms with Crippen LogP contribution in [0, 0.1) is 6.92 Å². The third-order valence-corrected chi connectivity index (χ3v) is 3.35. The standard InChI is InChI=1S/C17H18N2O3/c1-4-12-8-5-7-11(2)15(12)19-16(20)13-9-6-10-14(18-13)17(21)22-3/h5-10H,4H2,1-3H3,(H,19,20). The highest BCUT2D eigenvalue weighted by atomic mass is 16.5. The van der Waals surface area contributed by atoms with E-state index < -0.39 is 5.97 Å². The first-order valence-electron chi connectivity index (χ1n) is 7.02. The molecule has 0 unspecified atom stereocenters. The maximum Gasteiger partial charge on any atom is 0.356 e. The molecule has 0 spiro atoms. The summed E-state index contributed by atoms with van der Waals surface area (Å²) in [6, 6.07) is 10.5. The maximum absolute atomic E-state index is 12.4. The number of nitrogens with zero attached hydrogens (tertiary/aromatic N) is 1. The van der Waals surface area contributed by atoms with E-state index in [1.165, 1.54) is 13.2 Å². The number of aryl methyl sites for hydroxylation is 2. The van der Waals surface area contributed by atoms with Crippen molar-refractivity contribution in [3.8, 4) is 0 Å². The van der Waals surface area contributed by atoms with Crippen LogP contribution in [0.1, 0.15) is 39.0 Å². The number of nitrogens with one attached hydrogen (secondary N) is 1. The molecule has 2 aromatic rings. The number of benzene rings is 1. The van der Waals surface area contributed by atoms with Crippen LogP contribution in [-0.4, -0.2) is 24.0 Å². The van der Waals surface area contributed by atoms with Crippen LogP contribution >= 0.6 is 0 Å². The fourth-order valence-corrected chi connectivity index (χ4v) is 2.16. The lowest BCUT2D eigenvalue weighted by Crippen LogP contribution is -2.17. The Kier molecular flexibility index (Phi) is 4.88. The summed E-state index contributed by atoms with van der Waals surface area (Å²) >= 11 is 0. The summed E-state index contributed by atoms with van der Waals surface area (Å²) in [5, 5.41) is 2.88. The molecule has 0 aliphatic carbocycles. The zero-order valence-electron chi connectivity index (χ0n) is 12.8. The molecule has 0 radical (unpaired) electrons. The van der Waals surface area contributed by atoms with Crippen molar-refractivity contribution in [2.24, 2.45) is 0 Å². The van der Waals surface area contributed by atoms with E-state index in [-0.39, 0.29) is 17.3 Å². The van der Waals surface area contributed by atoms with Gasteiger partial charge in [0.15, 0.2) is 0 Å². The van der Waals surface area contributed by atoms with Gasteiger partial charge in [-0.25, -0.2) is 9.78 Å². The largest absolute Gasteiger partial charge is 0.464 e. The minimum Gasteiger partial charge on any atom is -0.464 e. The van der Waals surface area contributed by atoms with Gasteiger partial charge in [0.1, 0.15) is 11.4 Å². The highest BCUT2D eigenvalue weighted by molar-refractivity contribution is 6.04. The third kappa shape index (κ3) is 3.31. The van der Waals surface area contributed by atoms with Crippen LogP contribution in [0.2, 0.25) is 0 Å². The second kappa shape index (κ2) is 6.85. The van der Waals surface area contributed by atoms with Gasteiger partial charge in [0.25, 0.3) is 5.91 Å². The average Bonchev–Trinajstić information content (AvgIpc) is 2.55. The Bertz CT molecular complexity index is 711. The number of hydrogen-bond acceptors (Lipinski definition) is 4. The molecule has 0 saturated carbocycles. The predicted molar refractivity (Wildman–Crippen MR) is 84.1 cm³/mol. The molecular weight excluding hydrogens is 280 g/mol. The molecule has 0 saturated heterocycles. The Hall–Kier alpha value is -2.69. The number of carbonyl (C=O) groups excluding carboxylic acids is 2. The van der Waals surface area contributed by atoms with Crippen LogP contribution in [0.4, 0.5) is 5.69 Å². The molecule has 5 heteroatoms. The highest BCUT2D eigenvalue weighted by Gasteiger charge is 2.14. The van der Waals surface area contributed by atoms with Crippen molar-refractivity contribution in [2.75, 3.05) is 12.4 Å². The van der Waals surface area contributed by atoms with E-state index in [1.54, 1.807) is 12.1 Å². The van der Waals surface area contributed by atoms with Gasteiger partial charge in [-0.05, 0) is 36.6 Å². The van der Waals surface area contributed by atoms with Gasteiger partial charge in [-0.2, -0.15) is 0 Å². The lowest BCUT2D eigenvalue weighted by atomic mass is 10.1. The van der Waals surface area contributed by atoms with Gasteiger partial charge in [0.2, 0.25) is 0 Å². The highest BCUT2D eigenvalue weighted by Crippen LogP contribution is 2.21. The summed E-state index contributed by atoms with van der Waals surface area (Å²) in [5.41, 5.74) is 3.11. The number of rotatable bonds is 4. The number of pyridine rings is 1. The van der Waals surface area contributed by atoms with Crippen molar-refractivity contribution >= 4 is 17.6 Å². The average molecular weight is 298 g/mol. The Morgan fingerprint density at radius 2 is 1.82 bits per heavy atom. The first-order chi connectivity index (χ1) is 10.6. The quantitative estimate of drug-likeness (QED) is 0.881. The van der Waals surface area contributed by atoms with Crippen LogP contribution in [-0.2, 0) is 11.2 Å². The number of methoxy groups -OCH3 is 1. The van der Waals surface area contributed by atoms with Crippen molar-refractivity contribution in [1.29, 1.82) is 0 Å². The Morgan fingerprint density at radius 3 is 2.50 bits per heavy atom. The zero-order chi connectivity index (χ0) is 16.1. The predicted octanol–water partition coefficient (Wildman–Crippen LogP) is 2.99. The van der Waals surface area contributed by atoms with Crippen LogP contribution < -0.4 is 5.32 Å². The summed E-state index contributed by atoms with van der Waals surface area (Å²) in [4.78, 5) is 27.9. The summed E-state index contributed by atoms with van der Waals surface area (Å²) in [7, 11) is 1.28. The van der Waals surface area contributed by atoms with Gasteiger partial charge >= 0.3 is 5.97 Å². The molecule has 2 rings (SSSR count). The van der Waals surface area contributed by atoms with E-state index in [1.807, 2.05) is 32.0 Å². The third-order valence-electron chi connectivity index (χ3n) is 3.35. The number of amides is 1. The van der Waals surface area contributed by atoms with Crippen molar-refractivity contribution in [3.63, 3.8) is 0 Å². The Labute approximate surface area is 129 Å². The topological polar surface area (TPSA) is 68.3 Å². The van der Waals surface area contributed by atoms with Gasteiger partial charge in [0.05, 0.1) is 7.11 Å². The van der Waals surface area contributed by atoms with E-state index >= 15 is 0 Å². The van der Waals surface area contributed by atoms with E-state index in [0.717, 1.165) is 23.2 Å². The number of esters is 1. The van der Waals surface area contributed by atoms with Crippen LogP contribution in [0.3, 0.4) is 0 Å². The minimum atomic E-state index is -0.570. The Balaban J connectivity index is 2.29. The monoisotopic (exact) mass is 298 g/mol. The van der Waals surface area contributed by atoms with Gasteiger partial charge in [-0.3, -0.25) is 4.79 Å². The summed E-state index contributed by atoms with van der Waals surface area (Å²) in [6.07, 6.45) is 0.812. The van der Waals surface area contributed by atoms with Gasteiger partial charge in [-0.15, -0.1) is 0 Å². The van der Waals surface area contributed by atoms with Crippen molar-refractivity contribution in [1.82, 2.24) is 4.98 Å². The second-order valence-corrected chi connectivity index (χ2v) is 4.82. The molecule has 0 atom stereocenters. The summed E-state index contributed by atoms with van der Waals surface area (Å²) in [6.45, 7) is 3.97. The lowest BCUT2D eigenvalue weighted by molar-refractivity contribution is 0.0594. The molecule has 0 aliphatic rings.